The van der Waals surface area contributed by atoms with Crippen LogP contribution in [-0.4, -0.2) is 29.2 Å². The van der Waals surface area contributed by atoms with E-state index in [2.05, 4.69) is 15.1 Å². The van der Waals surface area contributed by atoms with Crippen LogP contribution in [0.2, 0.25) is 5.02 Å². The molecule has 3 heterocycles. The highest BCUT2D eigenvalue weighted by Gasteiger charge is 2.48. The number of aliphatic hydroxyl groups is 1. The van der Waals surface area contributed by atoms with Gasteiger partial charge in [0, 0.05) is 11.1 Å². The van der Waals surface area contributed by atoms with E-state index in [9.17, 15) is 9.90 Å². The summed E-state index contributed by atoms with van der Waals surface area (Å²) in [7, 11) is 0. The smallest absolute Gasteiger partial charge is 0.278 e. The highest BCUT2D eigenvalue weighted by Crippen LogP contribution is 2.44. The number of nitrogens with zero attached hydrogens (tertiary/aromatic N) is 5. The van der Waals surface area contributed by atoms with Crippen LogP contribution >= 0.6 is 11.6 Å². The summed E-state index contributed by atoms with van der Waals surface area (Å²) in [4.78, 5) is 22.1. The van der Waals surface area contributed by atoms with Crippen LogP contribution in [0.4, 0.5) is 0 Å². The van der Waals surface area contributed by atoms with E-state index in [0.717, 1.165) is 17.5 Å². The fourth-order valence-corrected chi connectivity index (χ4v) is 3.64. The van der Waals surface area contributed by atoms with Crippen molar-refractivity contribution in [2.75, 3.05) is 0 Å². The monoisotopic (exact) mass is 399 g/mol. The van der Waals surface area contributed by atoms with Gasteiger partial charge in [-0.1, -0.05) is 23.7 Å². The van der Waals surface area contributed by atoms with Gasteiger partial charge in [-0.3, -0.25) is 9.20 Å². The molecule has 1 N–H and O–H groups in total. The van der Waals surface area contributed by atoms with Crippen LogP contribution in [0.3, 0.4) is 0 Å². The zero-order chi connectivity index (χ0) is 19.6. The lowest BCUT2D eigenvalue weighted by Crippen LogP contribution is -2.25. The quantitative estimate of drug-likeness (QED) is 0.565. The van der Waals surface area contributed by atoms with E-state index >= 15 is 0 Å². The van der Waals surface area contributed by atoms with E-state index in [1.165, 1.54) is 0 Å². The molecule has 0 bridgehead atoms. The van der Waals surface area contributed by atoms with Gasteiger partial charge in [0.2, 0.25) is 5.82 Å². The lowest BCUT2D eigenvalue weighted by atomic mass is 10.2. The van der Waals surface area contributed by atoms with E-state index in [-0.39, 0.29) is 23.3 Å². The number of hydrogen-bond donors (Lipinski definition) is 1. The molecule has 144 valence electrons. The second-order valence-electron chi connectivity index (χ2n) is 7.33. The van der Waals surface area contributed by atoms with Crippen LogP contribution < -0.4 is 5.56 Å². The van der Waals surface area contributed by atoms with Gasteiger partial charge < -0.3 is 14.2 Å². The molecule has 28 heavy (non-hydrogen) atoms. The predicted octanol–water partition coefficient (Wildman–Crippen LogP) is 3.31. The highest BCUT2D eigenvalue weighted by atomic mass is 35.5. The van der Waals surface area contributed by atoms with Gasteiger partial charge in [-0.25, -0.2) is 4.98 Å². The maximum absolute atomic E-state index is 13.4. The van der Waals surface area contributed by atoms with E-state index in [4.69, 9.17) is 16.1 Å². The maximum atomic E-state index is 13.4. The number of hydrogen-bond acceptors (Lipinski definition) is 6. The first-order valence-corrected chi connectivity index (χ1v) is 9.58. The molecule has 5 rings (SSSR count). The third kappa shape index (κ3) is 2.41. The number of benzene rings is 1. The Morgan fingerprint density at radius 3 is 2.86 bits per heavy atom. The topological polar surface area (TPSA) is 98.5 Å². The summed E-state index contributed by atoms with van der Waals surface area (Å²) in [5, 5.41) is 14.7. The summed E-state index contributed by atoms with van der Waals surface area (Å²) in [6.07, 6.45) is 3.53. The van der Waals surface area contributed by atoms with Gasteiger partial charge in [0.05, 0.1) is 11.0 Å². The van der Waals surface area contributed by atoms with Crippen LogP contribution in [0.1, 0.15) is 45.0 Å². The van der Waals surface area contributed by atoms with Crippen molar-refractivity contribution in [2.45, 2.75) is 44.8 Å². The summed E-state index contributed by atoms with van der Waals surface area (Å²) < 4.78 is 8.68. The number of imidazole rings is 1. The lowest BCUT2D eigenvalue weighted by Gasteiger charge is -2.18. The van der Waals surface area contributed by atoms with Gasteiger partial charge in [-0.05, 0) is 44.4 Å². The van der Waals surface area contributed by atoms with Crippen LogP contribution in [-0.2, 0) is 5.60 Å². The van der Waals surface area contributed by atoms with Crippen molar-refractivity contribution in [1.29, 1.82) is 0 Å². The van der Waals surface area contributed by atoms with Gasteiger partial charge in [0.25, 0.3) is 11.4 Å². The average Bonchev–Trinajstić information content (AvgIpc) is 3.11. The van der Waals surface area contributed by atoms with Gasteiger partial charge >= 0.3 is 0 Å². The molecule has 1 fully saturated rings. The molecule has 1 aliphatic carbocycles. The first-order valence-electron chi connectivity index (χ1n) is 9.20. The Kier molecular flexibility index (Phi) is 3.66. The molecule has 1 atom stereocenters. The summed E-state index contributed by atoms with van der Waals surface area (Å²) in [5.74, 6) is 0.359. The summed E-state index contributed by atoms with van der Waals surface area (Å²) in [5.41, 5.74) is 1.00. The molecule has 1 unspecified atom stereocenters. The standard InChI is InChI=1S/C19H18ClN5O3/c1-3-10(2)25-13-8-11(20)4-5-12(13)24-9-21-14(15(24)17(25)26)16-22-18(28-23-16)19(27)6-7-19/h4-5,8-10,27H,3,6-7H2,1-2H3. The first-order chi connectivity index (χ1) is 13.4. The zero-order valence-corrected chi connectivity index (χ0v) is 16.1. The fraction of sp³-hybridized carbons (Fsp3) is 0.368. The van der Waals surface area contributed by atoms with Crippen molar-refractivity contribution in [3.8, 4) is 11.5 Å². The van der Waals surface area contributed by atoms with Gasteiger partial charge in [-0.15, -0.1) is 0 Å². The third-order valence-corrected chi connectivity index (χ3v) is 5.67. The Morgan fingerprint density at radius 2 is 2.14 bits per heavy atom. The second-order valence-corrected chi connectivity index (χ2v) is 7.77. The molecule has 8 nitrogen and oxygen atoms in total. The highest BCUT2D eigenvalue weighted by molar-refractivity contribution is 6.31. The maximum Gasteiger partial charge on any atom is 0.278 e. The number of fused-ring (bicyclic) bond motifs is 3. The molecular formula is C19H18ClN5O3. The Morgan fingerprint density at radius 1 is 1.36 bits per heavy atom. The van der Waals surface area contributed by atoms with E-state index in [1.807, 2.05) is 19.9 Å². The molecule has 1 saturated carbocycles. The van der Waals surface area contributed by atoms with Gasteiger partial charge in [-0.2, -0.15) is 4.98 Å². The van der Waals surface area contributed by atoms with Gasteiger partial charge in [0.1, 0.15) is 23.1 Å². The van der Waals surface area contributed by atoms with Crippen molar-refractivity contribution in [2.24, 2.45) is 0 Å². The molecule has 1 aromatic carbocycles. The molecule has 1 aliphatic rings. The minimum absolute atomic E-state index is 0.0331. The summed E-state index contributed by atoms with van der Waals surface area (Å²) in [6.45, 7) is 4.01. The largest absolute Gasteiger partial charge is 0.380 e. The Balaban J connectivity index is 1.83. The number of rotatable bonds is 4. The summed E-state index contributed by atoms with van der Waals surface area (Å²) >= 11 is 6.20. The van der Waals surface area contributed by atoms with Crippen molar-refractivity contribution in [3.05, 3.63) is 45.8 Å². The second kappa shape index (κ2) is 5.89. The van der Waals surface area contributed by atoms with Crippen LogP contribution in [0.25, 0.3) is 28.1 Å². The number of aromatic nitrogens is 5. The number of halogens is 1. The molecule has 0 amide bonds. The lowest BCUT2D eigenvalue weighted by molar-refractivity contribution is 0.108. The zero-order valence-electron chi connectivity index (χ0n) is 15.4. The van der Waals surface area contributed by atoms with Gasteiger partial charge in [0.15, 0.2) is 0 Å². The Labute approximate surface area is 164 Å². The van der Waals surface area contributed by atoms with Crippen molar-refractivity contribution < 1.29 is 9.63 Å². The van der Waals surface area contributed by atoms with Crippen molar-refractivity contribution in [1.82, 2.24) is 24.1 Å². The minimum Gasteiger partial charge on any atom is -0.380 e. The molecule has 0 spiro atoms. The molecular weight excluding hydrogens is 382 g/mol. The van der Waals surface area contributed by atoms with Crippen LogP contribution in [0, 0.1) is 0 Å². The average molecular weight is 400 g/mol. The van der Waals surface area contributed by atoms with Crippen molar-refractivity contribution >= 4 is 28.2 Å². The summed E-state index contributed by atoms with van der Waals surface area (Å²) in [6, 6.07) is 5.40. The molecule has 9 heteroatoms. The molecule has 0 saturated heterocycles. The molecule has 0 radical (unpaired) electrons. The Hall–Kier alpha value is -2.71. The normalized spacial score (nSPS) is 16.7. The Bertz CT molecular complexity index is 1280. The first kappa shape index (κ1) is 17.4. The third-order valence-electron chi connectivity index (χ3n) is 5.44. The molecule has 3 aromatic heterocycles. The minimum atomic E-state index is -1.04. The molecule has 4 aromatic rings. The van der Waals surface area contributed by atoms with Crippen molar-refractivity contribution in [3.63, 3.8) is 0 Å². The predicted molar refractivity (Wildman–Crippen MR) is 103 cm³/mol. The molecule has 0 aliphatic heterocycles. The van der Waals surface area contributed by atoms with E-state index in [1.54, 1.807) is 27.4 Å². The van der Waals surface area contributed by atoms with E-state index < -0.39 is 5.60 Å². The SMILES string of the molecule is CCC(C)n1c(=O)c2c(-c3noc(C4(O)CC4)n3)ncn2c2ccc(Cl)cc21. The van der Waals surface area contributed by atoms with Crippen LogP contribution in [0.15, 0.2) is 33.8 Å². The van der Waals surface area contributed by atoms with E-state index in [0.29, 0.717) is 29.1 Å². The van der Waals surface area contributed by atoms with Crippen LogP contribution in [0.5, 0.6) is 0 Å². The fourth-order valence-electron chi connectivity index (χ4n) is 3.48.